The van der Waals surface area contributed by atoms with E-state index in [0.717, 1.165) is 62.7 Å². The third-order valence-corrected chi connectivity index (χ3v) is 6.32. The van der Waals surface area contributed by atoms with Crippen LogP contribution >= 0.6 is 0 Å². The summed E-state index contributed by atoms with van der Waals surface area (Å²) in [4.78, 5) is 19.7. The molecule has 5 rings (SSSR count). The van der Waals surface area contributed by atoms with E-state index < -0.39 is 0 Å². The summed E-state index contributed by atoms with van der Waals surface area (Å²) in [5.74, 6) is 2.54. The second-order valence-corrected chi connectivity index (χ2v) is 8.34. The second-order valence-electron chi connectivity index (χ2n) is 8.34. The molecule has 2 atom stereocenters. The van der Waals surface area contributed by atoms with Crippen molar-refractivity contribution in [2.24, 2.45) is 11.8 Å². The molecule has 0 aromatic carbocycles. The van der Waals surface area contributed by atoms with Gasteiger partial charge in [-0.25, -0.2) is 0 Å². The highest BCUT2D eigenvalue weighted by Crippen LogP contribution is 2.33. The SMILES string of the molecule is Cc1cccc(CN2C[C@H]3Cc4nnc(C(=O)NC5CCC5)n4C[C@@H]3C2)n1. The second kappa shape index (κ2) is 6.71. The first-order valence-corrected chi connectivity index (χ1v) is 10.0. The van der Waals surface area contributed by atoms with E-state index in [-0.39, 0.29) is 5.91 Å². The van der Waals surface area contributed by atoms with Gasteiger partial charge in [-0.1, -0.05) is 6.07 Å². The summed E-state index contributed by atoms with van der Waals surface area (Å²) in [6, 6.07) is 6.54. The largest absolute Gasteiger partial charge is 0.347 e. The lowest BCUT2D eigenvalue weighted by atomic mass is 9.89. The van der Waals surface area contributed by atoms with Crippen molar-refractivity contribution in [1.82, 2.24) is 30.0 Å². The standard InChI is InChI=1S/C20H26N6O/c1-13-4-2-7-17(21-13)12-25-9-14-8-18-23-24-19(26(18)11-15(14)10-25)20(27)22-16-5-3-6-16/h2,4,7,14-16H,3,5-6,8-12H2,1H3,(H,22,27)/t14-,15+/m1/s1. The number of nitrogens with one attached hydrogen (secondary N) is 1. The van der Waals surface area contributed by atoms with Gasteiger partial charge >= 0.3 is 0 Å². The number of carbonyl (C=O) groups excluding carboxylic acids is 1. The van der Waals surface area contributed by atoms with Crippen LogP contribution in [0.3, 0.4) is 0 Å². The minimum Gasteiger partial charge on any atom is -0.347 e. The average Bonchev–Trinajstić information content (AvgIpc) is 3.18. The van der Waals surface area contributed by atoms with Crippen LogP contribution in [0.5, 0.6) is 0 Å². The summed E-state index contributed by atoms with van der Waals surface area (Å²) < 4.78 is 2.06. The molecule has 0 unspecified atom stereocenters. The summed E-state index contributed by atoms with van der Waals surface area (Å²) in [6.45, 7) is 5.89. The van der Waals surface area contributed by atoms with Gasteiger partial charge in [0.1, 0.15) is 5.82 Å². The highest BCUT2D eigenvalue weighted by molar-refractivity contribution is 5.91. The van der Waals surface area contributed by atoms with Crippen molar-refractivity contribution >= 4 is 5.91 Å². The quantitative estimate of drug-likeness (QED) is 0.889. The van der Waals surface area contributed by atoms with Crippen LogP contribution in [0.1, 0.15) is 47.1 Å². The third-order valence-electron chi connectivity index (χ3n) is 6.32. The maximum absolute atomic E-state index is 12.6. The number of pyridine rings is 1. The van der Waals surface area contributed by atoms with Crippen LogP contribution in [0.25, 0.3) is 0 Å². The number of aromatic nitrogens is 4. The lowest BCUT2D eigenvalue weighted by Crippen LogP contribution is -2.41. The molecule has 0 spiro atoms. The zero-order valence-electron chi connectivity index (χ0n) is 15.8. The van der Waals surface area contributed by atoms with Crippen molar-refractivity contribution in [1.29, 1.82) is 0 Å². The maximum Gasteiger partial charge on any atom is 0.289 e. The number of carbonyl (C=O) groups is 1. The number of rotatable bonds is 4. The van der Waals surface area contributed by atoms with Crippen LogP contribution in [0, 0.1) is 18.8 Å². The van der Waals surface area contributed by atoms with Crippen LogP contribution in [-0.2, 0) is 19.5 Å². The first-order chi connectivity index (χ1) is 13.2. The van der Waals surface area contributed by atoms with E-state index >= 15 is 0 Å². The molecule has 0 bridgehead atoms. The molecule has 2 aromatic rings. The molecule has 27 heavy (non-hydrogen) atoms. The van der Waals surface area contributed by atoms with E-state index in [2.05, 4.69) is 42.1 Å². The smallest absolute Gasteiger partial charge is 0.289 e. The van der Waals surface area contributed by atoms with Gasteiger partial charge in [0.25, 0.3) is 5.91 Å². The molecule has 142 valence electrons. The van der Waals surface area contributed by atoms with Crippen molar-refractivity contribution in [2.45, 2.75) is 51.7 Å². The summed E-state index contributed by atoms with van der Waals surface area (Å²) in [5, 5.41) is 11.6. The van der Waals surface area contributed by atoms with E-state index in [1.165, 1.54) is 6.42 Å². The number of amides is 1. The Labute approximate surface area is 159 Å². The molecule has 7 nitrogen and oxygen atoms in total. The molecular formula is C20H26N6O. The van der Waals surface area contributed by atoms with Crippen molar-refractivity contribution in [3.8, 4) is 0 Å². The van der Waals surface area contributed by atoms with Crippen molar-refractivity contribution in [3.05, 3.63) is 41.2 Å². The summed E-state index contributed by atoms with van der Waals surface area (Å²) in [7, 11) is 0. The van der Waals surface area contributed by atoms with Gasteiger partial charge in [0.05, 0.1) is 5.69 Å². The predicted molar refractivity (Wildman–Crippen MR) is 100 cm³/mol. The lowest BCUT2D eigenvalue weighted by molar-refractivity contribution is 0.0898. The highest BCUT2D eigenvalue weighted by Gasteiger charge is 2.39. The van der Waals surface area contributed by atoms with E-state index in [1.807, 2.05) is 13.0 Å². The maximum atomic E-state index is 12.6. The normalized spacial score (nSPS) is 24.9. The van der Waals surface area contributed by atoms with Crippen molar-refractivity contribution in [3.63, 3.8) is 0 Å². The van der Waals surface area contributed by atoms with E-state index in [1.54, 1.807) is 0 Å². The molecule has 1 aliphatic carbocycles. The number of aryl methyl sites for hydroxylation is 1. The van der Waals surface area contributed by atoms with E-state index in [4.69, 9.17) is 0 Å². The van der Waals surface area contributed by atoms with Gasteiger partial charge in [0.15, 0.2) is 0 Å². The monoisotopic (exact) mass is 366 g/mol. The van der Waals surface area contributed by atoms with Crippen molar-refractivity contribution in [2.75, 3.05) is 13.1 Å². The first-order valence-electron chi connectivity index (χ1n) is 10.0. The zero-order chi connectivity index (χ0) is 18.4. The molecule has 2 fully saturated rings. The summed E-state index contributed by atoms with van der Waals surface area (Å²) >= 11 is 0. The Bertz CT molecular complexity index is 858. The number of hydrogen-bond donors (Lipinski definition) is 1. The Balaban J connectivity index is 1.26. The van der Waals surface area contributed by atoms with Gasteiger partial charge in [0.2, 0.25) is 5.82 Å². The Morgan fingerprint density at radius 2 is 2.04 bits per heavy atom. The first kappa shape index (κ1) is 16.9. The number of hydrogen-bond acceptors (Lipinski definition) is 5. The highest BCUT2D eigenvalue weighted by atomic mass is 16.2. The van der Waals surface area contributed by atoms with Gasteiger partial charge < -0.3 is 9.88 Å². The number of nitrogens with zero attached hydrogens (tertiary/aromatic N) is 5. The number of fused-ring (bicyclic) bond motifs is 2. The third kappa shape index (κ3) is 3.25. The molecule has 1 N–H and O–H groups in total. The number of likely N-dealkylation sites (tertiary alicyclic amines) is 1. The Kier molecular flexibility index (Phi) is 4.19. The van der Waals surface area contributed by atoms with Crippen LogP contribution in [0.2, 0.25) is 0 Å². The van der Waals surface area contributed by atoms with Gasteiger partial charge in [0, 0.05) is 44.3 Å². The Morgan fingerprint density at radius 1 is 1.19 bits per heavy atom. The fraction of sp³-hybridized carbons (Fsp3) is 0.600. The van der Waals surface area contributed by atoms with Gasteiger partial charge in [-0.3, -0.25) is 14.7 Å². The molecule has 2 aliphatic heterocycles. The summed E-state index contributed by atoms with van der Waals surface area (Å²) in [6.07, 6.45) is 4.28. The molecule has 1 saturated heterocycles. The molecule has 2 aromatic heterocycles. The molecular weight excluding hydrogens is 340 g/mol. The van der Waals surface area contributed by atoms with Gasteiger partial charge in [-0.15, -0.1) is 10.2 Å². The van der Waals surface area contributed by atoms with E-state index in [0.29, 0.717) is 23.7 Å². The molecule has 3 aliphatic rings. The summed E-state index contributed by atoms with van der Waals surface area (Å²) in [5.41, 5.74) is 2.20. The average molecular weight is 366 g/mol. The fourth-order valence-electron chi connectivity index (χ4n) is 4.64. The van der Waals surface area contributed by atoms with Crippen LogP contribution in [0.15, 0.2) is 18.2 Å². The lowest BCUT2D eigenvalue weighted by Gasteiger charge is -2.28. The molecule has 1 saturated carbocycles. The van der Waals surface area contributed by atoms with Gasteiger partial charge in [-0.05, 0) is 50.2 Å². The molecule has 7 heteroatoms. The van der Waals surface area contributed by atoms with Crippen molar-refractivity contribution < 1.29 is 4.79 Å². The molecule has 0 radical (unpaired) electrons. The minimum atomic E-state index is -0.0595. The van der Waals surface area contributed by atoms with Crippen LogP contribution < -0.4 is 5.32 Å². The van der Waals surface area contributed by atoms with Crippen LogP contribution in [0.4, 0.5) is 0 Å². The molecule has 1 amide bonds. The Hall–Kier alpha value is -2.28. The van der Waals surface area contributed by atoms with Crippen LogP contribution in [-0.4, -0.2) is 49.7 Å². The fourth-order valence-corrected chi connectivity index (χ4v) is 4.64. The predicted octanol–water partition coefficient (Wildman–Crippen LogP) is 1.57. The Morgan fingerprint density at radius 3 is 2.81 bits per heavy atom. The van der Waals surface area contributed by atoms with Gasteiger partial charge in [-0.2, -0.15) is 0 Å². The topological polar surface area (TPSA) is 75.9 Å². The van der Waals surface area contributed by atoms with E-state index in [9.17, 15) is 4.79 Å². The molecule has 4 heterocycles. The zero-order valence-corrected chi connectivity index (χ0v) is 15.8. The minimum absolute atomic E-state index is 0.0595.